The molecule has 7 heteroatoms. The molecule has 0 aliphatic heterocycles. The van der Waals surface area contributed by atoms with E-state index in [0.717, 1.165) is 19.2 Å². The molecule has 2 N–H and O–H groups in total. The molecule has 17 heavy (non-hydrogen) atoms. The number of hydrazone groups is 1. The first-order chi connectivity index (χ1) is 8.08. The zero-order valence-electron chi connectivity index (χ0n) is 8.91. The maximum atomic E-state index is 12.9. The van der Waals surface area contributed by atoms with E-state index in [1.807, 2.05) is 5.43 Å². The third-order valence-corrected chi connectivity index (χ3v) is 1.87. The lowest BCUT2D eigenvalue weighted by molar-refractivity contribution is 0.171. The second-order valence-electron chi connectivity index (χ2n) is 2.95. The highest BCUT2D eigenvalue weighted by atomic mass is 19.2. The molecule has 0 aromatic heterocycles. The third-order valence-electron chi connectivity index (χ3n) is 1.87. The maximum Gasteiger partial charge on any atom is 0.427 e. The van der Waals surface area contributed by atoms with Crippen LogP contribution in [0.1, 0.15) is 5.56 Å². The van der Waals surface area contributed by atoms with Crippen molar-refractivity contribution in [2.45, 2.75) is 0 Å². The molecule has 1 amide bonds. The minimum Gasteiger partial charge on any atom is -0.452 e. The van der Waals surface area contributed by atoms with Crippen LogP contribution in [0.15, 0.2) is 23.3 Å². The topological polar surface area (TPSA) is 70.9 Å². The van der Waals surface area contributed by atoms with Crippen LogP contribution in [0.5, 0.6) is 0 Å². The predicted molar refractivity (Wildman–Crippen MR) is 55.5 cm³/mol. The van der Waals surface area contributed by atoms with Crippen molar-refractivity contribution in [1.82, 2.24) is 5.43 Å². The number of hydrogen-bond acceptors (Lipinski definition) is 4. The van der Waals surface area contributed by atoms with Crippen LogP contribution in [0.3, 0.4) is 0 Å². The van der Waals surface area contributed by atoms with E-state index in [1.54, 1.807) is 0 Å². The van der Waals surface area contributed by atoms with Crippen LogP contribution in [0.25, 0.3) is 0 Å². The van der Waals surface area contributed by atoms with Gasteiger partial charge >= 0.3 is 6.09 Å². The summed E-state index contributed by atoms with van der Waals surface area (Å²) in [6.07, 6.45) is -0.835. The smallest absolute Gasteiger partial charge is 0.427 e. The lowest BCUT2D eigenvalue weighted by Gasteiger charge is -2.04. The molecular weight excluding hydrogens is 234 g/mol. The number of amides is 1. The number of halogens is 2. The monoisotopic (exact) mass is 244 g/mol. The van der Waals surface area contributed by atoms with Crippen LogP contribution in [0.2, 0.25) is 0 Å². The molecule has 0 saturated carbocycles. The fourth-order valence-electron chi connectivity index (χ4n) is 1.03. The second kappa shape index (κ2) is 5.90. The molecule has 0 unspecified atom stereocenters. The normalized spacial score (nSPS) is 11.2. The Morgan fingerprint density at radius 2 is 2.18 bits per heavy atom. The Labute approximate surface area is 95.7 Å². The minimum atomic E-state index is -1.07. The first-order valence-corrected chi connectivity index (χ1v) is 4.55. The van der Waals surface area contributed by atoms with Gasteiger partial charge in [-0.1, -0.05) is 0 Å². The SMILES string of the molecule is COC(=O)N/N=C(/CO)c1ccc(F)c(F)c1. The van der Waals surface area contributed by atoms with Gasteiger partial charge in [0.2, 0.25) is 0 Å². The van der Waals surface area contributed by atoms with Gasteiger partial charge in [0.05, 0.1) is 19.4 Å². The summed E-state index contributed by atoms with van der Waals surface area (Å²) >= 11 is 0. The maximum absolute atomic E-state index is 12.9. The second-order valence-corrected chi connectivity index (χ2v) is 2.95. The summed E-state index contributed by atoms with van der Waals surface area (Å²) in [7, 11) is 1.14. The zero-order valence-corrected chi connectivity index (χ0v) is 8.91. The van der Waals surface area contributed by atoms with Gasteiger partial charge in [0, 0.05) is 5.56 Å². The number of aliphatic hydroxyl groups excluding tert-OH is 1. The van der Waals surface area contributed by atoms with Crippen molar-refractivity contribution in [1.29, 1.82) is 0 Å². The average Bonchev–Trinajstić information content (AvgIpc) is 2.33. The lowest BCUT2D eigenvalue weighted by atomic mass is 10.1. The molecule has 0 fully saturated rings. The van der Waals surface area contributed by atoms with E-state index < -0.39 is 24.3 Å². The summed E-state index contributed by atoms with van der Waals surface area (Å²) in [6, 6.07) is 2.99. The van der Waals surface area contributed by atoms with Crippen molar-refractivity contribution < 1.29 is 23.4 Å². The Hall–Kier alpha value is -2.02. The number of nitrogens with zero attached hydrogens (tertiary/aromatic N) is 1. The van der Waals surface area contributed by atoms with Crippen molar-refractivity contribution >= 4 is 11.8 Å². The number of aliphatic hydroxyl groups is 1. The van der Waals surface area contributed by atoms with Gasteiger partial charge in [0.1, 0.15) is 0 Å². The van der Waals surface area contributed by atoms with Crippen LogP contribution >= 0.6 is 0 Å². The average molecular weight is 244 g/mol. The number of benzene rings is 1. The van der Waals surface area contributed by atoms with Crippen molar-refractivity contribution in [3.8, 4) is 0 Å². The van der Waals surface area contributed by atoms with Crippen LogP contribution in [0, 0.1) is 11.6 Å². The highest BCUT2D eigenvalue weighted by Crippen LogP contribution is 2.09. The molecule has 0 heterocycles. The van der Waals surface area contributed by atoms with Gasteiger partial charge in [-0.3, -0.25) is 0 Å². The highest BCUT2D eigenvalue weighted by Gasteiger charge is 2.08. The molecule has 5 nitrogen and oxygen atoms in total. The zero-order chi connectivity index (χ0) is 12.8. The third kappa shape index (κ3) is 3.49. The van der Waals surface area contributed by atoms with Crippen LogP contribution < -0.4 is 5.43 Å². The Balaban J connectivity index is 2.93. The van der Waals surface area contributed by atoms with E-state index >= 15 is 0 Å². The van der Waals surface area contributed by atoms with Gasteiger partial charge in [0.15, 0.2) is 11.6 Å². The van der Waals surface area contributed by atoms with Gasteiger partial charge in [0.25, 0.3) is 0 Å². The Morgan fingerprint density at radius 3 is 2.71 bits per heavy atom. The van der Waals surface area contributed by atoms with Crippen molar-refractivity contribution in [3.63, 3.8) is 0 Å². The number of carbonyl (C=O) groups is 1. The standard InChI is InChI=1S/C10H10F2N2O3/c1-17-10(16)14-13-9(5-15)6-2-3-7(11)8(12)4-6/h2-4,15H,5H2,1H3,(H,14,16)/b13-9-. The van der Waals surface area contributed by atoms with E-state index in [9.17, 15) is 13.6 Å². The molecule has 0 saturated heterocycles. The fraction of sp³-hybridized carbons (Fsp3) is 0.200. The van der Waals surface area contributed by atoms with Gasteiger partial charge in [-0.25, -0.2) is 19.0 Å². The van der Waals surface area contributed by atoms with E-state index in [4.69, 9.17) is 5.11 Å². The van der Waals surface area contributed by atoms with Gasteiger partial charge in [-0.15, -0.1) is 0 Å². The van der Waals surface area contributed by atoms with E-state index in [0.29, 0.717) is 0 Å². The largest absolute Gasteiger partial charge is 0.452 e. The molecule has 92 valence electrons. The molecule has 0 aliphatic carbocycles. The van der Waals surface area contributed by atoms with Gasteiger partial charge in [-0.05, 0) is 18.2 Å². The highest BCUT2D eigenvalue weighted by molar-refractivity contribution is 6.01. The van der Waals surface area contributed by atoms with E-state index in [2.05, 4.69) is 9.84 Å². The van der Waals surface area contributed by atoms with Crippen molar-refractivity contribution in [3.05, 3.63) is 35.4 Å². The van der Waals surface area contributed by atoms with Gasteiger partial charge in [-0.2, -0.15) is 5.10 Å². The van der Waals surface area contributed by atoms with E-state index in [1.165, 1.54) is 6.07 Å². The predicted octanol–water partition coefficient (Wildman–Crippen LogP) is 1.02. The van der Waals surface area contributed by atoms with Crippen LogP contribution in [0.4, 0.5) is 13.6 Å². The number of methoxy groups -OCH3 is 1. The molecule has 0 atom stereocenters. The fourth-order valence-corrected chi connectivity index (χ4v) is 1.03. The summed E-state index contributed by atoms with van der Waals surface area (Å²) in [6.45, 7) is -0.547. The Bertz CT molecular complexity index is 449. The minimum absolute atomic E-state index is 0.0192. The number of rotatable bonds is 3. The molecular formula is C10H10F2N2O3. The molecule has 1 rings (SSSR count). The van der Waals surface area contributed by atoms with Crippen molar-refractivity contribution in [2.24, 2.45) is 5.10 Å². The van der Waals surface area contributed by atoms with E-state index in [-0.39, 0.29) is 11.3 Å². The number of carbonyl (C=O) groups excluding carboxylic acids is 1. The molecule has 1 aromatic carbocycles. The van der Waals surface area contributed by atoms with Gasteiger partial charge < -0.3 is 9.84 Å². The summed E-state index contributed by atoms with van der Waals surface area (Å²) in [5, 5.41) is 12.5. The number of hydrogen-bond donors (Lipinski definition) is 2. The molecule has 0 aliphatic rings. The quantitative estimate of drug-likeness (QED) is 0.616. The summed E-state index contributed by atoms with van der Waals surface area (Å²) in [5.41, 5.74) is 2.10. The summed E-state index contributed by atoms with van der Waals surface area (Å²) in [5.74, 6) is -2.08. The first-order valence-electron chi connectivity index (χ1n) is 4.55. The molecule has 0 radical (unpaired) electrons. The van der Waals surface area contributed by atoms with Crippen molar-refractivity contribution in [2.75, 3.05) is 13.7 Å². The number of ether oxygens (including phenoxy) is 1. The van der Waals surface area contributed by atoms with Crippen LogP contribution in [-0.2, 0) is 4.74 Å². The summed E-state index contributed by atoms with van der Waals surface area (Å²) in [4.78, 5) is 10.7. The molecule has 0 spiro atoms. The lowest BCUT2D eigenvalue weighted by Crippen LogP contribution is -2.21. The Kier molecular flexibility index (Phi) is 4.53. The molecule has 1 aromatic rings. The molecule has 0 bridgehead atoms. The first kappa shape index (κ1) is 13.0. The Morgan fingerprint density at radius 1 is 1.47 bits per heavy atom. The summed E-state index contributed by atoms with van der Waals surface area (Å²) < 4.78 is 29.8. The number of nitrogens with one attached hydrogen (secondary N) is 1. The van der Waals surface area contributed by atoms with Crippen LogP contribution in [-0.4, -0.2) is 30.6 Å².